The van der Waals surface area contributed by atoms with Gasteiger partial charge in [0.1, 0.15) is 23.2 Å². The van der Waals surface area contributed by atoms with Crippen LogP contribution in [0.3, 0.4) is 0 Å². The Kier molecular flexibility index (Phi) is 5.87. The number of hydrogen-bond acceptors (Lipinski definition) is 4. The molecular formula is C18H21F2N5O2S. The smallest absolute Gasteiger partial charge is 0.257 e. The second-order valence-corrected chi connectivity index (χ2v) is 7.44. The van der Waals surface area contributed by atoms with Crippen molar-refractivity contribution in [1.29, 1.82) is 0 Å². The van der Waals surface area contributed by atoms with Crippen molar-refractivity contribution >= 4 is 24.0 Å². The maximum atomic E-state index is 13.8. The molecule has 1 aliphatic carbocycles. The van der Waals surface area contributed by atoms with E-state index in [2.05, 4.69) is 20.8 Å². The van der Waals surface area contributed by atoms with E-state index in [0.717, 1.165) is 25.0 Å². The lowest BCUT2D eigenvalue weighted by molar-refractivity contribution is -0.124. The number of amides is 2. The lowest BCUT2D eigenvalue weighted by atomic mass is 10.0. The Morgan fingerprint density at radius 2 is 1.96 bits per heavy atom. The van der Waals surface area contributed by atoms with E-state index in [9.17, 15) is 18.4 Å². The molecular weight excluding hydrogens is 388 g/mol. The molecule has 7 nitrogen and oxygen atoms in total. The van der Waals surface area contributed by atoms with Crippen LogP contribution in [0.4, 0.5) is 8.78 Å². The Bertz CT molecular complexity index is 931. The Hall–Kier alpha value is -2.62. The Labute approximate surface area is 165 Å². The fraction of sp³-hybridized carbons (Fsp3) is 0.444. The number of hydrogen-bond donors (Lipinski definition) is 3. The molecule has 1 unspecified atom stereocenters. The van der Waals surface area contributed by atoms with Crippen molar-refractivity contribution < 1.29 is 18.4 Å². The molecule has 0 spiro atoms. The summed E-state index contributed by atoms with van der Waals surface area (Å²) in [5, 5.41) is 12.0. The van der Waals surface area contributed by atoms with Gasteiger partial charge in [0.25, 0.3) is 5.91 Å². The van der Waals surface area contributed by atoms with Crippen molar-refractivity contribution in [2.75, 3.05) is 0 Å². The van der Waals surface area contributed by atoms with Crippen LogP contribution < -0.4 is 10.6 Å². The summed E-state index contributed by atoms with van der Waals surface area (Å²) in [5.74, 6) is -3.14. The molecule has 1 aromatic carbocycles. The lowest BCUT2D eigenvalue weighted by Gasteiger charge is -2.22. The van der Waals surface area contributed by atoms with Gasteiger partial charge in [0, 0.05) is 6.04 Å². The summed E-state index contributed by atoms with van der Waals surface area (Å²) in [6.07, 6.45) is 2.02. The molecule has 2 aromatic rings. The van der Waals surface area contributed by atoms with Crippen LogP contribution in [-0.2, 0) is 11.3 Å². The van der Waals surface area contributed by atoms with Crippen LogP contribution in [-0.4, -0.2) is 32.6 Å². The van der Waals surface area contributed by atoms with Crippen LogP contribution >= 0.6 is 12.2 Å². The van der Waals surface area contributed by atoms with Crippen LogP contribution in [0.2, 0.25) is 0 Å². The number of nitrogens with one attached hydrogen (secondary N) is 3. The average Bonchev–Trinajstić information content (AvgIpc) is 3.39. The summed E-state index contributed by atoms with van der Waals surface area (Å²) in [4.78, 5) is 24.9. The summed E-state index contributed by atoms with van der Waals surface area (Å²) in [7, 11) is 0. The largest absolute Gasteiger partial charge is 0.347 e. The molecule has 1 aliphatic rings. The Morgan fingerprint density at radius 1 is 1.32 bits per heavy atom. The van der Waals surface area contributed by atoms with Crippen LogP contribution in [0, 0.1) is 22.3 Å². The number of benzene rings is 1. The van der Waals surface area contributed by atoms with Gasteiger partial charge in [0.2, 0.25) is 5.91 Å². The van der Waals surface area contributed by atoms with Gasteiger partial charge in [-0.15, -0.1) is 0 Å². The molecule has 150 valence electrons. The summed E-state index contributed by atoms with van der Waals surface area (Å²) >= 11 is 5.20. The number of carbonyl (C=O) groups excluding carboxylic acids is 2. The first-order valence-electron chi connectivity index (χ1n) is 8.98. The molecule has 0 saturated heterocycles. The van der Waals surface area contributed by atoms with Crippen LogP contribution in [0.15, 0.2) is 18.2 Å². The molecule has 1 aromatic heterocycles. The molecule has 28 heavy (non-hydrogen) atoms. The SMILES string of the molecule is CC(C)C(NC(=O)c1c(F)cccc1F)C(=O)NCc1n[nH]c(=S)n1C1CC1. The number of halogens is 2. The van der Waals surface area contributed by atoms with Gasteiger partial charge < -0.3 is 10.6 Å². The predicted octanol–water partition coefficient (Wildman–Crippen LogP) is 2.62. The second-order valence-electron chi connectivity index (χ2n) is 7.06. The van der Waals surface area contributed by atoms with Crippen molar-refractivity contribution in [2.24, 2.45) is 5.92 Å². The summed E-state index contributed by atoms with van der Waals surface area (Å²) in [6.45, 7) is 3.57. The van der Waals surface area contributed by atoms with Crippen molar-refractivity contribution in [3.8, 4) is 0 Å². The fourth-order valence-electron chi connectivity index (χ4n) is 2.91. The number of carbonyl (C=O) groups is 2. The second kappa shape index (κ2) is 8.17. The van der Waals surface area contributed by atoms with E-state index in [1.54, 1.807) is 13.8 Å². The van der Waals surface area contributed by atoms with Crippen molar-refractivity contribution in [3.05, 3.63) is 46.0 Å². The van der Waals surface area contributed by atoms with Crippen LogP contribution in [0.5, 0.6) is 0 Å². The maximum absolute atomic E-state index is 13.8. The predicted molar refractivity (Wildman–Crippen MR) is 100.0 cm³/mol. The molecule has 1 heterocycles. The first kappa shape index (κ1) is 20.1. The summed E-state index contributed by atoms with van der Waals surface area (Å²) < 4.78 is 30.0. The molecule has 3 rings (SSSR count). The molecule has 1 saturated carbocycles. The van der Waals surface area contributed by atoms with Gasteiger partial charge in [-0.25, -0.2) is 8.78 Å². The number of rotatable bonds is 7. The first-order valence-corrected chi connectivity index (χ1v) is 9.38. The van der Waals surface area contributed by atoms with E-state index in [1.807, 2.05) is 4.57 Å². The minimum Gasteiger partial charge on any atom is -0.347 e. The van der Waals surface area contributed by atoms with E-state index in [-0.39, 0.29) is 12.5 Å². The maximum Gasteiger partial charge on any atom is 0.257 e. The van der Waals surface area contributed by atoms with Crippen molar-refractivity contribution in [1.82, 2.24) is 25.4 Å². The molecule has 0 radical (unpaired) electrons. The van der Waals surface area contributed by atoms with E-state index in [4.69, 9.17) is 12.2 Å². The minimum atomic E-state index is -0.986. The zero-order valence-corrected chi connectivity index (χ0v) is 16.3. The Balaban J connectivity index is 1.69. The lowest BCUT2D eigenvalue weighted by Crippen LogP contribution is -2.50. The normalized spacial score (nSPS) is 14.8. The summed E-state index contributed by atoms with van der Waals surface area (Å²) in [6, 6.07) is 2.47. The van der Waals surface area contributed by atoms with Gasteiger partial charge in [0.05, 0.1) is 6.54 Å². The van der Waals surface area contributed by atoms with Gasteiger partial charge in [-0.1, -0.05) is 19.9 Å². The van der Waals surface area contributed by atoms with Gasteiger partial charge in [-0.2, -0.15) is 5.10 Å². The topological polar surface area (TPSA) is 91.8 Å². The molecule has 10 heteroatoms. The van der Waals surface area contributed by atoms with Crippen LogP contribution in [0.25, 0.3) is 0 Å². The molecule has 2 amide bonds. The highest BCUT2D eigenvalue weighted by molar-refractivity contribution is 7.71. The van der Waals surface area contributed by atoms with Crippen LogP contribution in [0.1, 0.15) is 48.9 Å². The molecule has 1 fully saturated rings. The van der Waals surface area contributed by atoms with Crippen molar-refractivity contribution in [3.63, 3.8) is 0 Å². The van der Waals surface area contributed by atoms with Gasteiger partial charge in [-0.3, -0.25) is 19.3 Å². The quantitative estimate of drug-likeness (QED) is 0.613. The third-order valence-electron chi connectivity index (χ3n) is 4.54. The highest BCUT2D eigenvalue weighted by Gasteiger charge is 2.29. The van der Waals surface area contributed by atoms with Gasteiger partial charge >= 0.3 is 0 Å². The highest BCUT2D eigenvalue weighted by atomic mass is 32.1. The first-order chi connectivity index (χ1) is 13.3. The number of aromatic nitrogens is 3. The molecule has 0 aliphatic heterocycles. The molecule has 3 N–H and O–H groups in total. The van der Waals surface area contributed by atoms with Gasteiger partial charge in [-0.05, 0) is 43.1 Å². The number of H-pyrrole nitrogens is 1. The van der Waals surface area contributed by atoms with Crippen molar-refractivity contribution in [2.45, 2.75) is 45.3 Å². The standard InChI is InChI=1S/C18H21F2N5O2S/c1-9(2)15(22-16(26)14-11(19)4-3-5-12(14)20)17(27)21-8-13-23-24-18(28)25(13)10-6-7-10/h3-5,9-10,15H,6-8H2,1-2H3,(H,21,27)(H,22,26)(H,24,28). The third-order valence-corrected chi connectivity index (χ3v) is 4.82. The number of nitrogens with zero attached hydrogens (tertiary/aromatic N) is 2. The number of aromatic amines is 1. The van der Waals surface area contributed by atoms with E-state index < -0.39 is 35.1 Å². The van der Waals surface area contributed by atoms with E-state index in [1.165, 1.54) is 6.07 Å². The third kappa shape index (κ3) is 4.27. The monoisotopic (exact) mass is 409 g/mol. The van der Waals surface area contributed by atoms with E-state index >= 15 is 0 Å². The average molecular weight is 409 g/mol. The Morgan fingerprint density at radius 3 is 2.54 bits per heavy atom. The molecule has 1 atom stereocenters. The highest BCUT2D eigenvalue weighted by Crippen LogP contribution is 2.35. The molecule has 0 bridgehead atoms. The summed E-state index contributed by atoms with van der Waals surface area (Å²) in [5.41, 5.74) is -0.712. The minimum absolute atomic E-state index is 0.121. The van der Waals surface area contributed by atoms with E-state index in [0.29, 0.717) is 16.6 Å². The zero-order valence-electron chi connectivity index (χ0n) is 15.5. The zero-order chi connectivity index (χ0) is 20.4. The fourth-order valence-corrected chi connectivity index (χ4v) is 3.21. The van der Waals surface area contributed by atoms with Gasteiger partial charge in [0.15, 0.2) is 10.6 Å².